The van der Waals surface area contributed by atoms with Crippen LogP contribution in [0.5, 0.6) is 0 Å². The van der Waals surface area contributed by atoms with Crippen molar-refractivity contribution in [1.29, 1.82) is 0 Å². The first-order valence-electron chi connectivity index (χ1n) is 7.33. The maximum absolute atomic E-state index is 12.4. The number of carboxylic acids is 1. The Kier molecular flexibility index (Phi) is 5.15. The Balaban J connectivity index is 2.12. The van der Waals surface area contributed by atoms with Crippen molar-refractivity contribution in [3.63, 3.8) is 0 Å². The summed E-state index contributed by atoms with van der Waals surface area (Å²) in [6.45, 7) is 5.43. The van der Waals surface area contributed by atoms with Gasteiger partial charge in [0.05, 0.1) is 17.0 Å². The summed E-state index contributed by atoms with van der Waals surface area (Å²) in [6, 6.07) is 5.58. The van der Waals surface area contributed by atoms with E-state index in [9.17, 15) is 9.59 Å². The minimum atomic E-state index is -0.870. The molecule has 2 aromatic heterocycles. The van der Waals surface area contributed by atoms with E-state index in [1.807, 2.05) is 36.7 Å². The molecule has 0 atom stereocenters. The number of thiophene rings is 1. The van der Waals surface area contributed by atoms with Crippen LogP contribution in [0.1, 0.15) is 42.7 Å². The number of pyridine rings is 1. The van der Waals surface area contributed by atoms with Crippen LogP contribution in [-0.2, 0) is 4.79 Å². The molecule has 6 heteroatoms. The molecular weight excluding hydrogens is 312 g/mol. The van der Waals surface area contributed by atoms with E-state index in [2.05, 4.69) is 10.3 Å². The summed E-state index contributed by atoms with van der Waals surface area (Å²) in [5, 5.41) is 15.6. The molecule has 0 radical (unpaired) electrons. The third-order valence-corrected chi connectivity index (χ3v) is 4.25. The predicted octanol–water partition coefficient (Wildman–Crippen LogP) is 3.49. The first-order valence-corrected chi connectivity index (χ1v) is 8.27. The average molecular weight is 332 g/mol. The first kappa shape index (κ1) is 17.1. The Labute approximate surface area is 139 Å². The Morgan fingerprint density at radius 1 is 1.30 bits per heavy atom. The van der Waals surface area contributed by atoms with Crippen LogP contribution in [0.4, 0.5) is 0 Å². The number of aliphatic carboxylic acids is 1. The summed E-state index contributed by atoms with van der Waals surface area (Å²) in [5.41, 5.74) is 2.44. The van der Waals surface area contributed by atoms with Crippen molar-refractivity contribution in [2.24, 2.45) is 0 Å². The highest BCUT2D eigenvalue weighted by molar-refractivity contribution is 7.08. The van der Waals surface area contributed by atoms with Gasteiger partial charge in [-0.3, -0.25) is 14.6 Å². The maximum Gasteiger partial charge on any atom is 0.303 e. The summed E-state index contributed by atoms with van der Waals surface area (Å²) in [4.78, 5) is 27.6. The molecule has 0 spiro atoms. The van der Waals surface area contributed by atoms with Gasteiger partial charge in [-0.25, -0.2) is 0 Å². The monoisotopic (exact) mass is 332 g/mol. The van der Waals surface area contributed by atoms with Gasteiger partial charge in [-0.2, -0.15) is 11.3 Å². The smallest absolute Gasteiger partial charge is 0.303 e. The van der Waals surface area contributed by atoms with Gasteiger partial charge in [0.2, 0.25) is 0 Å². The van der Waals surface area contributed by atoms with Gasteiger partial charge in [0.15, 0.2) is 0 Å². The molecule has 1 amide bonds. The van der Waals surface area contributed by atoms with Crippen molar-refractivity contribution in [3.05, 3.63) is 40.2 Å². The van der Waals surface area contributed by atoms with Crippen LogP contribution in [0, 0.1) is 6.92 Å². The second-order valence-corrected chi connectivity index (χ2v) is 6.85. The largest absolute Gasteiger partial charge is 0.481 e. The molecule has 23 heavy (non-hydrogen) atoms. The molecule has 2 N–H and O–H groups in total. The van der Waals surface area contributed by atoms with E-state index in [4.69, 9.17) is 5.11 Å². The molecule has 0 aliphatic carbocycles. The minimum Gasteiger partial charge on any atom is -0.481 e. The third-order valence-electron chi connectivity index (χ3n) is 3.56. The van der Waals surface area contributed by atoms with E-state index >= 15 is 0 Å². The van der Waals surface area contributed by atoms with E-state index in [-0.39, 0.29) is 12.3 Å². The van der Waals surface area contributed by atoms with Crippen molar-refractivity contribution in [1.82, 2.24) is 10.3 Å². The number of carbonyl (C=O) groups is 2. The van der Waals surface area contributed by atoms with Crippen molar-refractivity contribution in [2.45, 2.75) is 39.2 Å². The first-order chi connectivity index (χ1) is 10.8. The Hall–Kier alpha value is -2.21. The zero-order valence-corrected chi connectivity index (χ0v) is 14.2. The van der Waals surface area contributed by atoms with Gasteiger partial charge in [-0.05, 0) is 50.8 Å². The zero-order valence-electron chi connectivity index (χ0n) is 13.4. The molecule has 0 saturated heterocycles. The van der Waals surface area contributed by atoms with Gasteiger partial charge >= 0.3 is 5.97 Å². The summed E-state index contributed by atoms with van der Waals surface area (Å²) in [5.74, 6) is -1.10. The quantitative estimate of drug-likeness (QED) is 0.848. The van der Waals surface area contributed by atoms with Crippen molar-refractivity contribution < 1.29 is 14.7 Å². The van der Waals surface area contributed by atoms with Crippen LogP contribution < -0.4 is 5.32 Å². The topological polar surface area (TPSA) is 79.3 Å². The number of amides is 1. The summed E-state index contributed by atoms with van der Waals surface area (Å²) in [7, 11) is 0. The van der Waals surface area contributed by atoms with Crippen molar-refractivity contribution >= 4 is 23.2 Å². The third kappa shape index (κ3) is 4.63. The van der Waals surface area contributed by atoms with Crippen LogP contribution in [0.15, 0.2) is 29.0 Å². The van der Waals surface area contributed by atoms with Gasteiger partial charge in [-0.1, -0.05) is 0 Å². The van der Waals surface area contributed by atoms with E-state index in [0.29, 0.717) is 17.7 Å². The van der Waals surface area contributed by atoms with Crippen molar-refractivity contribution in [2.75, 3.05) is 0 Å². The number of carbonyl (C=O) groups excluding carboxylic acids is 1. The molecule has 0 aromatic carbocycles. The molecule has 0 aliphatic heterocycles. The lowest BCUT2D eigenvalue weighted by atomic mass is 9.97. The number of hydrogen-bond acceptors (Lipinski definition) is 4. The number of carboxylic acid groups (broad SMARTS) is 1. The number of nitrogens with zero attached hydrogens (tertiary/aromatic N) is 1. The molecule has 2 aromatic rings. The maximum atomic E-state index is 12.4. The van der Waals surface area contributed by atoms with Crippen LogP contribution in [0.2, 0.25) is 0 Å². The molecule has 0 fully saturated rings. The summed E-state index contributed by atoms with van der Waals surface area (Å²) in [6.07, 6.45) is 0.384. The van der Waals surface area contributed by atoms with Crippen LogP contribution in [0.25, 0.3) is 11.3 Å². The summed E-state index contributed by atoms with van der Waals surface area (Å²) < 4.78 is 0. The molecule has 2 rings (SSSR count). The second-order valence-electron chi connectivity index (χ2n) is 6.07. The van der Waals surface area contributed by atoms with E-state index in [1.165, 1.54) is 0 Å². The van der Waals surface area contributed by atoms with E-state index in [1.54, 1.807) is 24.3 Å². The summed E-state index contributed by atoms with van der Waals surface area (Å²) >= 11 is 1.60. The number of aromatic nitrogens is 1. The Bertz CT molecular complexity index is 709. The zero-order chi connectivity index (χ0) is 17.0. The van der Waals surface area contributed by atoms with E-state index < -0.39 is 11.5 Å². The number of hydrogen-bond donors (Lipinski definition) is 2. The van der Waals surface area contributed by atoms with Crippen LogP contribution >= 0.6 is 11.3 Å². The lowest BCUT2D eigenvalue weighted by Gasteiger charge is -2.26. The van der Waals surface area contributed by atoms with Gasteiger partial charge in [0.25, 0.3) is 5.91 Å². The number of nitrogens with one attached hydrogen (secondary N) is 1. The van der Waals surface area contributed by atoms with Gasteiger partial charge in [0, 0.05) is 22.9 Å². The fraction of sp³-hybridized carbons (Fsp3) is 0.353. The van der Waals surface area contributed by atoms with Gasteiger partial charge in [-0.15, -0.1) is 0 Å². The van der Waals surface area contributed by atoms with Gasteiger partial charge < -0.3 is 10.4 Å². The molecule has 2 heterocycles. The SMILES string of the molecule is Cc1nc(-c2ccsc2)ccc1C(=O)NC(C)(C)CCC(=O)O. The standard InChI is InChI=1S/C17H20N2O3S/c1-11-13(4-5-14(18-11)12-7-9-23-10-12)16(22)19-17(2,3)8-6-15(20)21/h4-5,7,9-10H,6,8H2,1-3H3,(H,19,22)(H,20,21). The van der Waals surface area contributed by atoms with Crippen LogP contribution in [0.3, 0.4) is 0 Å². The Morgan fingerprint density at radius 3 is 2.61 bits per heavy atom. The van der Waals surface area contributed by atoms with Gasteiger partial charge in [0.1, 0.15) is 0 Å². The lowest BCUT2D eigenvalue weighted by molar-refractivity contribution is -0.137. The average Bonchev–Trinajstić information content (AvgIpc) is 2.98. The lowest BCUT2D eigenvalue weighted by Crippen LogP contribution is -2.44. The predicted molar refractivity (Wildman–Crippen MR) is 90.7 cm³/mol. The fourth-order valence-electron chi connectivity index (χ4n) is 2.23. The molecule has 0 unspecified atom stereocenters. The second kappa shape index (κ2) is 6.91. The molecule has 0 aliphatic rings. The Morgan fingerprint density at radius 2 is 2.04 bits per heavy atom. The highest BCUT2D eigenvalue weighted by atomic mass is 32.1. The van der Waals surface area contributed by atoms with E-state index in [0.717, 1.165) is 11.3 Å². The number of rotatable bonds is 6. The highest BCUT2D eigenvalue weighted by Gasteiger charge is 2.23. The minimum absolute atomic E-state index is 0.0155. The molecule has 0 bridgehead atoms. The van der Waals surface area contributed by atoms with Crippen molar-refractivity contribution in [3.8, 4) is 11.3 Å². The molecule has 5 nitrogen and oxygen atoms in total. The normalized spacial score (nSPS) is 11.3. The molecule has 122 valence electrons. The highest BCUT2D eigenvalue weighted by Crippen LogP contribution is 2.22. The molecule has 0 saturated carbocycles. The number of aryl methyl sites for hydroxylation is 1. The van der Waals surface area contributed by atoms with Crippen LogP contribution in [-0.4, -0.2) is 27.5 Å². The fourth-order valence-corrected chi connectivity index (χ4v) is 2.88. The molecular formula is C17H20N2O3S.